The number of hydrogen-bond donors (Lipinski definition) is 1. The lowest BCUT2D eigenvalue weighted by molar-refractivity contribution is 0.294. The predicted octanol–water partition coefficient (Wildman–Crippen LogP) is 1.73. The number of rotatable bonds is 5. The molecule has 4 heteroatoms. The molecule has 1 heterocycles. The summed E-state index contributed by atoms with van der Waals surface area (Å²) in [6, 6.07) is 4.87. The topological polar surface area (TPSA) is 33.4 Å². The Morgan fingerprint density at radius 3 is 2.85 bits per heavy atom. The van der Waals surface area contributed by atoms with E-state index in [9.17, 15) is 0 Å². The predicted molar refractivity (Wildman–Crippen MR) is 57.2 cm³/mol. The molecule has 0 saturated heterocycles. The van der Waals surface area contributed by atoms with Crippen LogP contribution in [-0.4, -0.2) is 25.3 Å². The Kier molecular flexibility index (Phi) is 4.03. The number of halogens is 1. The second kappa shape index (κ2) is 4.84. The fourth-order valence-corrected chi connectivity index (χ4v) is 4.44. The van der Waals surface area contributed by atoms with Crippen molar-refractivity contribution in [1.29, 1.82) is 0 Å². The standard InChI is InChI=1S/C9H15ClO2Si/c1-13(8-10,7-3-5-11)9-4-2-6-12-9/h2,4,6,11H,3,5,7-8H2,1H3. The highest BCUT2D eigenvalue weighted by molar-refractivity contribution is 6.94. The Morgan fingerprint density at radius 2 is 2.38 bits per heavy atom. The van der Waals surface area contributed by atoms with Gasteiger partial charge in [0.15, 0.2) is 0 Å². The highest BCUT2D eigenvalue weighted by Gasteiger charge is 2.30. The van der Waals surface area contributed by atoms with E-state index in [2.05, 4.69) is 6.55 Å². The van der Waals surface area contributed by atoms with Crippen LogP contribution in [0.5, 0.6) is 0 Å². The Bertz CT molecular complexity index is 238. The van der Waals surface area contributed by atoms with Crippen molar-refractivity contribution in [3.8, 4) is 0 Å². The summed E-state index contributed by atoms with van der Waals surface area (Å²) in [4.78, 5) is 0. The molecule has 1 aromatic rings. The molecule has 0 spiro atoms. The quantitative estimate of drug-likeness (QED) is 0.603. The maximum absolute atomic E-state index is 8.77. The van der Waals surface area contributed by atoms with Crippen molar-refractivity contribution in [3.05, 3.63) is 18.4 Å². The number of hydrogen-bond acceptors (Lipinski definition) is 2. The maximum atomic E-state index is 8.77. The lowest BCUT2D eigenvalue weighted by atomic mass is 10.5. The molecule has 0 aliphatic rings. The van der Waals surface area contributed by atoms with Crippen molar-refractivity contribution in [2.75, 3.05) is 12.1 Å². The fraction of sp³-hybridized carbons (Fsp3) is 0.556. The van der Waals surface area contributed by atoms with Crippen molar-refractivity contribution in [2.24, 2.45) is 0 Å². The molecule has 0 radical (unpaired) electrons. The van der Waals surface area contributed by atoms with E-state index in [1.165, 1.54) is 0 Å². The summed E-state index contributed by atoms with van der Waals surface area (Å²) >= 11 is 5.96. The van der Waals surface area contributed by atoms with E-state index in [1.54, 1.807) is 6.26 Å². The monoisotopic (exact) mass is 218 g/mol. The van der Waals surface area contributed by atoms with Crippen LogP contribution in [-0.2, 0) is 0 Å². The van der Waals surface area contributed by atoms with E-state index in [0.717, 1.165) is 17.8 Å². The Balaban J connectivity index is 2.69. The van der Waals surface area contributed by atoms with Gasteiger partial charge in [0, 0.05) is 12.1 Å². The molecule has 1 N–H and O–H groups in total. The summed E-state index contributed by atoms with van der Waals surface area (Å²) in [5.41, 5.74) is 0.653. The first-order chi connectivity index (χ1) is 6.23. The lowest BCUT2D eigenvalue weighted by Gasteiger charge is -2.21. The average molecular weight is 219 g/mol. The largest absolute Gasteiger partial charge is 0.474 e. The van der Waals surface area contributed by atoms with Gasteiger partial charge in [-0.15, -0.1) is 11.6 Å². The summed E-state index contributed by atoms with van der Waals surface area (Å²) in [5, 5.41) is 9.81. The molecule has 0 fully saturated rings. The second-order valence-corrected chi connectivity index (χ2v) is 8.68. The molecule has 1 unspecified atom stereocenters. The van der Waals surface area contributed by atoms with Crippen LogP contribution in [0.15, 0.2) is 22.8 Å². The van der Waals surface area contributed by atoms with Crippen LogP contribution < -0.4 is 5.38 Å². The zero-order valence-electron chi connectivity index (χ0n) is 7.79. The van der Waals surface area contributed by atoms with Crippen molar-refractivity contribution in [2.45, 2.75) is 19.0 Å². The Labute approximate surface area is 84.5 Å². The van der Waals surface area contributed by atoms with Gasteiger partial charge < -0.3 is 9.52 Å². The molecule has 0 aliphatic carbocycles. The van der Waals surface area contributed by atoms with Gasteiger partial charge in [0.2, 0.25) is 0 Å². The Hall–Kier alpha value is -0.253. The molecule has 13 heavy (non-hydrogen) atoms. The molecule has 0 aromatic carbocycles. The van der Waals surface area contributed by atoms with Crippen LogP contribution in [0.25, 0.3) is 0 Å². The van der Waals surface area contributed by atoms with Gasteiger partial charge in [-0.25, -0.2) is 0 Å². The summed E-state index contributed by atoms with van der Waals surface area (Å²) in [7, 11) is -1.63. The minimum absolute atomic E-state index is 0.236. The van der Waals surface area contributed by atoms with E-state index in [4.69, 9.17) is 21.1 Å². The lowest BCUT2D eigenvalue weighted by Crippen LogP contribution is -2.46. The van der Waals surface area contributed by atoms with E-state index in [1.807, 2.05) is 12.1 Å². The van der Waals surface area contributed by atoms with Gasteiger partial charge in [-0.05, 0) is 24.6 Å². The molecule has 0 bridgehead atoms. The fourth-order valence-electron chi connectivity index (χ4n) is 1.35. The third kappa shape index (κ3) is 2.59. The van der Waals surface area contributed by atoms with Gasteiger partial charge in [0.25, 0.3) is 0 Å². The second-order valence-electron chi connectivity index (χ2n) is 3.50. The number of aliphatic hydroxyl groups is 1. The summed E-state index contributed by atoms with van der Waals surface area (Å²) in [6.45, 7) is 2.43. The van der Waals surface area contributed by atoms with E-state index >= 15 is 0 Å². The molecule has 74 valence electrons. The molecule has 2 nitrogen and oxygen atoms in total. The SMILES string of the molecule is C[Si](CCl)(CCCO)c1ccco1. The zero-order valence-corrected chi connectivity index (χ0v) is 9.55. The van der Waals surface area contributed by atoms with Gasteiger partial charge in [0.05, 0.1) is 11.6 Å². The van der Waals surface area contributed by atoms with Gasteiger partial charge in [0.1, 0.15) is 8.07 Å². The normalized spacial score (nSPS) is 15.6. The first-order valence-corrected chi connectivity index (χ1v) is 7.88. The van der Waals surface area contributed by atoms with Gasteiger partial charge in [-0.2, -0.15) is 0 Å². The minimum Gasteiger partial charge on any atom is -0.474 e. The number of alkyl halides is 1. The first-order valence-electron chi connectivity index (χ1n) is 4.44. The van der Waals surface area contributed by atoms with Crippen molar-refractivity contribution < 1.29 is 9.52 Å². The summed E-state index contributed by atoms with van der Waals surface area (Å²) < 4.78 is 5.38. The maximum Gasteiger partial charge on any atom is 0.143 e. The molecule has 1 rings (SSSR count). The van der Waals surface area contributed by atoms with Crippen LogP contribution in [0.1, 0.15) is 6.42 Å². The van der Waals surface area contributed by atoms with Crippen LogP contribution in [0.3, 0.4) is 0 Å². The van der Waals surface area contributed by atoms with Gasteiger partial charge in [-0.3, -0.25) is 0 Å². The highest BCUT2D eigenvalue weighted by atomic mass is 35.5. The summed E-state index contributed by atoms with van der Waals surface area (Å²) in [6.07, 6.45) is 2.50. The third-order valence-corrected chi connectivity index (χ3v) is 7.59. The minimum atomic E-state index is -1.63. The molecule has 0 saturated carbocycles. The van der Waals surface area contributed by atoms with Gasteiger partial charge >= 0.3 is 0 Å². The number of furan rings is 1. The van der Waals surface area contributed by atoms with E-state index in [-0.39, 0.29) is 6.61 Å². The van der Waals surface area contributed by atoms with Crippen LogP contribution in [0, 0.1) is 0 Å². The molecule has 1 atom stereocenters. The van der Waals surface area contributed by atoms with E-state index in [0.29, 0.717) is 5.50 Å². The van der Waals surface area contributed by atoms with Crippen LogP contribution >= 0.6 is 11.6 Å². The Morgan fingerprint density at radius 1 is 1.62 bits per heavy atom. The average Bonchev–Trinajstić information content (AvgIpc) is 2.67. The molecule has 0 amide bonds. The van der Waals surface area contributed by atoms with Crippen molar-refractivity contribution >= 4 is 25.1 Å². The molecular weight excluding hydrogens is 204 g/mol. The van der Waals surface area contributed by atoms with Gasteiger partial charge in [-0.1, -0.05) is 6.55 Å². The molecular formula is C9H15ClO2Si. The van der Waals surface area contributed by atoms with Crippen LogP contribution in [0.2, 0.25) is 12.6 Å². The van der Waals surface area contributed by atoms with Crippen molar-refractivity contribution in [1.82, 2.24) is 0 Å². The van der Waals surface area contributed by atoms with E-state index < -0.39 is 8.07 Å². The smallest absolute Gasteiger partial charge is 0.143 e. The zero-order chi connectivity index (χ0) is 9.73. The number of aliphatic hydroxyl groups excluding tert-OH is 1. The first kappa shape index (κ1) is 10.8. The molecule has 0 aliphatic heterocycles. The molecule has 1 aromatic heterocycles. The highest BCUT2D eigenvalue weighted by Crippen LogP contribution is 2.14. The third-order valence-electron chi connectivity index (χ3n) is 2.30. The van der Waals surface area contributed by atoms with Crippen LogP contribution in [0.4, 0.5) is 0 Å². The van der Waals surface area contributed by atoms with Crippen molar-refractivity contribution in [3.63, 3.8) is 0 Å². The summed E-state index contributed by atoms with van der Waals surface area (Å²) in [5.74, 6) is 0.